The predicted octanol–water partition coefficient (Wildman–Crippen LogP) is 5.65. The van der Waals surface area contributed by atoms with Gasteiger partial charge in [-0.15, -0.1) is 22.9 Å². The van der Waals surface area contributed by atoms with E-state index < -0.39 is 0 Å². The van der Waals surface area contributed by atoms with E-state index in [1.807, 2.05) is 0 Å². The highest BCUT2D eigenvalue weighted by molar-refractivity contribution is 9.11. The molecule has 1 heterocycles. The molecule has 0 saturated carbocycles. The van der Waals surface area contributed by atoms with Crippen molar-refractivity contribution in [2.75, 3.05) is 0 Å². The lowest BCUT2D eigenvalue weighted by molar-refractivity contribution is 0.917. The molecule has 0 aliphatic rings. The number of benzene rings is 1. The molecule has 0 bridgehead atoms. The zero-order valence-corrected chi connectivity index (χ0v) is 13.0. The molecule has 0 fully saturated rings. The molecule has 0 spiro atoms. The minimum atomic E-state index is 0.0558. The lowest BCUT2D eigenvalue weighted by atomic mass is 10.0. The molecule has 0 saturated heterocycles. The first kappa shape index (κ1) is 13.1. The van der Waals surface area contributed by atoms with Crippen LogP contribution < -0.4 is 0 Å². The first-order valence-corrected chi connectivity index (χ1v) is 7.56. The summed E-state index contributed by atoms with van der Waals surface area (Å²) in [5, 5.41) is 0.0558. The summed E-state index contributed by atoms with van der Waals surface area (Å²) in [6, 6.07) is 10.7. The van der Waals surface area contributed by atoms with Crippen LogP contribution in [-0.2, 0) is 6.42 Å². The smallest absolute Gasteiger partial charge is 0.0704 e. The van der Waals surface area contributed by atoms with Gasteiger partial charge in [-0.05, 0) is 53.4 Å². The monoisotopic (exact) mass is 328 g/mol. The number of halogens is 2. The first-order valence-electron chi connectivity index (χ1n) is 5.51. The van der Waals surface area contributed by atoms with E-state index >= 15 is 0 Å². The Hall–Kier alpha value is -0.310. The van der Waals surface area contributed by atoms with E-state index in [9.17, 15) is 0 Å². The van der Waals surface area contributed by atoms with Gasteiger partial charge in [0.1, 0.15) is 0 Å². The number of thiophene rings is 1. The first-order chi connectivity index (χ1) is 8.06. The van der Waals surface area contributed by atoms with Crippen LogP contribution in [0.15, 0.2) is 34.1 Å². The van der Waals surface area contributed by atoms with Gasteiger partial charge < -0.3 is 0 Å². The van der Waals surface area contributed by atoms with Crippen LogP contribution >= 0.6 is 38.9 Å². The third kappa shape index (κ3) is 3.34. The van der Waals surface area contributed by atoms with Gasteiger partial charge in [0.2, 0.25) is 0 Å². The molecule has 1 aromatic carbocycles. The molecular formula is C14H14BrClS. The Labute approximate surface area is 120 Å². The average molecular weight is 330 g/mol. The summed E-state index contributed by atoms with van der Waals surface area (Å²) in [4.78, 5) is 1.30. The topological polar surface area (TPSA) is 0 Å². The summed E-state index contributed by atoms with van der Waals surface area (Å²) >= 11 is 11.7. The molecule has 3 heteroatoms. The lowest BCUT2D eigenvalue weighted by Gasteiger charge is -2.09. The van der Waals surface area contributed by atoms with E-state index in [4.69, 9.17) is 11.6 Å². The molecule has 0 aliphatic carbocycles. The quantitative estimate of drug-likeness (QED) is 0.638. The van der Waals surface area contributed by atoms with Crippen molar-refractivity contribution >= 4 is 38.9 Å². The fourth-order valence-electron chi connectivity index (χ4n) is 1.81. The van der Waals surface area contributed by atoms with Gasteiger partial charge in [0.05, 0.1) is 9.16 Å². The number of hydrogen-bond acceptors (Lipinski definition) is 1. The van der Waals surface area contributed by atoms with Crippen molar-refractivity contribution in [2.45, 2.75) is 25.6 Å². The van der Waals surface area contributed by atoms with Gasteiger partial charge >= 0.3 is 0 Å². The van der Waals surface area contributed by atoms with Crippen LogP contribution in [0.4, 0.5) is 0 Å². The number of rotatable bonds is 3. The van der Waals surface area contributed by atoms with E-state index in [0.717, 1.165) is 10.2 Å². The fourth-order valence-corrected chi connectivity index (χ4v) is 4.05. The average Bonchev–Trinajstić information content (AvgIpc) is 2.61. The Morgan fingerprint density at radius 3 is 2.41 bits per heavy atom. The maximum absolute atomic E-state index is 6.48. The van der Waals surface area contributed by atoms with Crippen LogP contribution in [0.2, 0.25) is 0 Å². The number of alkyl halides is 1. The van der Waals surface area contributed by atoms with E-state index in [1.54, 1.807) is 11.3 Å². The predicted molar refractivity (Wildman–Crippen MR) is 80.2 cm³/mol. The van der Waals surface area contributed by atoms with Gasteiger partial charge in [-0.1, -0.05) is 29.8 Å². The van der Waals surface area contributed by atoms with Gasteiger partial charge in [-0.25, -0.2) is 0 Å². The van der Waals surface area contributed by atoms with Crippen LogP contribution in [0.25, 0.3) is 0 Å². The molecule has 1 unspecified atom stereocenters. The molecule has 2 rings (SSSR count). The SMILES string of the molecule is Cc1ccc(CC(Cl)c2cc(Br)sc2C)cc1. The zero-order valence-electron chi connectivity index (χ0n) is 9.84. The standard InChI is InChI=1S/C14H14BrClS/c1-9-3-5-11(6-4-9)7-13(16)12-8-14(15)17-10(12)2/h3-6,8,13H,7H2,1-2H3. The molecule has 0 N–H and O–H groups in total. The van der Waals surface area contributed by atoms with Crippen molar-refractivity contribution < 1.29 is 0 Å². The molecule has 2 aromatic rings. The van der Waals surface area contributed by atoms with Crippen LogP contribution in [0.5, 0.6) is 0 Å². The van der Waals surface area contributed by atoms with Gasteiger partial charge in [0.15, 0.2) is 0 Å². The summed E-state index contributed by atoms with van der Waals surface area (Å²) in [6.07, 6.45) is 0.881. The summed E-state index contributed by atoms with van der Waals surface area (Å²) in [5.41, 5.74) is 3.82. The Kier molecular flexibility index (Phi) is 4.29. The normalized spacial score (nSPS) is 12.7. The Balaban J connectivity index is 2.14. The molecule has 90 valence electrons. The highest BCUT2D eigenvalue weighted by Crippen LogP contribution is 2.35. The summed E-state index contributed by atoms with van der Waals surface area (Å²) < 4.78 is 1.15. The molecule has 17 heavy (non-hydrogen) atoms. The molecule has 0 amide bonds. The number of hydrogen-bond donors (Lipinski definition) is 0. The molecule has 1 aromatic heterocycles. The van der Waals surface area contributed by atoms with Gasteiger partial charge in [-0.2, -0.15) is 0 Å². The van der Waals surface area contributed by atoms with E-state index in [-0.39, 0.29) is 5.38 Å². The van der Waals surface area contributed by atoms with E-state index in [0.29, 0.717) is 0 Å². The van der Waals surface area contributed by atoms with Crippen molar-refractivity contribution in [3.8, 4) is 0 Å². The molecule has 1 atom stereocenters. The summed E-state index contributed by atoms with van der Waals surface area (Å²) in [5.74, 6) is 0. The van der Waals surface area contributed by atoms with Gasteiger partial charge in [0.25, 0.3) is 0 Å². The minimum absolute atomic E-state index is 0.0558. The summed E-state index contributed by atoms with van der Waals surface area (Å²) in [6.45, 7) is 4.22. The van der Waals surface area contributed by atoms with Crippen molar-refractivity contribution in [1.29, 1.82) is 0 Å². The second-order valence-electron chi connectivity index (χ2n) is 4.22. The molecule has 0 radical (unpaired) electrons. The highest BCUT2D eigenvalue weighted by Gasteiger charge is 2.14. The van der Waals surface area contributed by atoms with Crippen LogP contribution in [0.1, 0.15) is 26.9 Å². The van der Waals surface area contributed by atoms with Gasteiger partial charge in [0, 0.05) is 4.88 Å². The Bertz CT molecular complexity index is 501. The largest absolute Gasteiger partial charge is 0.133 e. The molecule has 0 aliphatic heterocycles. The van der Waals surface area contributed by atoms with Crippen molar-refractivity contribution in [3.05, 3.63) is 55.7 Å². The maximum Gasteiger partial charge on any atom is 0.0704 e. The third-order valence-corrected chi connectivity index (χ3v) is 4.76. The van der Waals surface area contributed by atoms with Crippen molar-refractivity contribution in [2.24, 2.45) is 0 Å². The van der Waals surface area contributed by atoms with Crippen LogP contribution in [-0.4, -0.2) is 0 Å². The van der Waals surface area contributed by atoms with E-state index in [2.05, 4.69) is 60.1 Å². The van der Waals surface area contributed by atoms with Crippen LogP contribution in [0.3, 0.4) is 0 Å². The second-order valence-corrected chi connectivity index (χ2v) is 7.38. The van der Waals surface area contributed by atoms with Crippen LogP contribution in [0, 0.1) is 13.8 Å². The Morgan fingerprint density at radius 1 is 1.24 bits per heavy atom. The zero-order chi connectivity index (χ0) is 12.4. The second kappa shape index (κ2) is 5.55. The highest BCUT2D eigenvalue weighted by atomic mass is 79.9. The fraction of sp³-hybridized carbons (Fsp3) is 0.286. The van der Waals surface area contributed by atoms with Crippen molar-refractivity contribution in [3.63, 3.8) is 0 Å². The van der Waals surface area contributed by atoms with Gasteiger partial charge in [-0.3, -0.25) is 0 Å². The third-order valence-electron chi connectivity index (χ3n) is 2.80. The molecule has 0 nitrogen and oxygen atoms in total. The van der Waals surface area contributed by atoms with Crippen molar-refractivity contribution in [1.82, 2.24) is 0 Å². The Morgan fingerprint density at radius 2 is 1.88 bits per heavy atom. The lowest BCUT2D eigenvalue weighted by Crippen LogP contribution is -1.95. The number of aryl methyl sites for hydroxylation is 2. The maximum atomic E-state index is 6.48. The molecular weight excluding hydrogens is 316 g/mol. The summed E-state index contributed by atoms with van der Waals surface area (Å²) in [7, 11) is 0. The minimum Gasteiger partial charge on any atom is -0.133 e. The van der Waals surface area contributed by atoms with E-state index in [1.165, 1.54) is 21.6 Å².